The third-order valence-corrected chi connectivity index (χ3v) is 11.1. The molecule has 0 aromatic heterocycles. The van der Waals surface area contributed by atoms with Gasteiger partial charge in [-0.25, -0.2) is 0 Å². The Kier molecular flexibility index (Phi) is 8.30. The van der Waals surface area contributed by atoms with E-state index in [0.29, 0.717) is 16.7 Å². The zero-order chi connectivity index (χ0) is 25.4. The van der Waals surface area contributed by atoms with Gasteiger partial charge in [-0.15, -0.1) is 0 Å². The highest BCUT2D eigenvalue weighted by molar-refractivity contribution is 5.73. The summed E-state index contributed by atoms with van der Waals surface area (Å²) in [6.45, 7) is 19.8. The first-order valence-electron chi connectivity index (χ1n) is 15.4. The Balaban J connectivity index is 1.56. The van der Waals surface area contributed by atoms with E-state index in [-0.39, 0.29) is 0 Å². The minimum atomic E-state index is 0.335. The largest absolute Gasteiger partial charge is 0.0798 e. The predicted octanol–water partition coefficient (Wildman–Crippen LogP) is 10.9. The van der Waals surface area contributed by atoms with E-state index in [9.17, 15) is 0 Å². The van der Waals surface area contributed by atoms with E-state index >= 15 is 0 Å². The molecular formula is C35H56. The van der Waals surface area contributed by atoms with Gasteiger partial charge in [0.15, 0.2) is 0 Å². The molecule has 1 aromatic rings. The SMILES string of the molecule is CCc1cc(C2=CCC3C(C)CCC4CC(CC(C)C)CCC4(C)CCCC23C)ccc1C(C)C. The molecule has 0 heterocycles. The van der Waals surface area contributed by atoms with Gasteiger partial charge in [-0.1, -0.05) is 92.5 Å². The first-order valence-corrected chi connectivity index (χ1v) is 15.4. The maximum atomic E-state index is 2.68. The van der Waals surface area contributed by atoms with Gasteiger partial charge in [-0.3, -0.25) is 0 Å². The van der Waals surface area contributed by atoms with Crippen molar-refractivity contribution in [1.82, 2.24) is 0 Å². The summed E-state index contributed by atoms with van der Waals surface area (Å²) in [4.78, 5) is 0. The summed E-state index contributed by atoms with van der Waals surface area (Å²) in [7, 11) is 0. The second-order valence-corrected chi connectivity index (χ2v) is 14.3. The molecule has 6 atom stereocenters. The monoisotopic (exact) mass is 476 g/mol. The van der Waals surface area contributed by atoms with Crippen LogP contribution in [-0.4, -0.2) is 0 Å². The van der Waals surface area contributed by atoms with E-state index in [2.05, 4.69) is 79.7 Å². The average Bonchev–Trinajstić information content (AvgIpc) is 3.15. The Morgan fingerprint density at radius 1 is 0.971 bits per heavy atom. The number of rotatable bonds is 5. The summed E-state index contributed by atoms with van der Waals surface area (Å²) >= 11 is 0. The summed E-state index contributed by atoms with van der Waals surface area (Å²) in [6.07, 6.45) is 18.1. The molecule has 0 N–H and O–H groups in total. The van der Waals surface area contributed by atoms with Crippen LogP contribution >= 0.6 is 0 Å². The van der Waals surface area contributed by atoms with Gasteiger partial charge in [-0.05, 0) is 126 Å². The zero-order valence-corrected chi connectivity index (χ0v) is 24.6. The van der Waals surface area contributed by atoms with Crippen LogP contribution < -0.4 is 0 Å². The van der Waals surface area contributed by atoms with Gasteiger partial charge in [0.1, 0.15) is 0 Å². The third-order valence-electron chi connectivity index (χ3n) is 11.1. The number of benzene rings is 1. The smallest absolute Gasteiger partial charge is 0.00388 e. The lowest BCUT2D eigenvalue weighted by molar-refractivity contribution is 0.0345. The molecule has 0 spiro atoms. The van der Waals surface area contributed by atoms with Crippen molar-refractivity contribution < 1.29 is 0 Å². The van der Waals surface area contributed by atoms with Crippen LogP contribution in [0.25, 0.3) is 5.57 Å². The van der Waals surface area contributed by atoms with Crippen LogP contribution in [0.15, 0.2) is 24.3 Å². The molecule has 0 aliphatic heterocycles. The van der Waals surface area contributed by atoms with Crippen LogP contribution in [0.3, 0.4) is 0 Å². The highest BCUT2D eigenvalue weighted by Crippen LogP contribution is 2.58. The average molecular weight is 477 g/mol. The van der Waals surface area contributed by atoms with Crippen molar-refractivity contribution >= 4 is 5.57 Å². The molecule has 4 rings (SSSR count). The van der Waals surface area contributed by atoms with Crippen molar-refractivity contribution in [2.45, 2.75) is 132 Å². The third kappa shape index (κ3) is 5.48. The number of hydrogen-bond acceptors (Lipinski definition) is 0. The molecule has 2 saturated carbocycles. The molecule has 196 valence electrons. The number of fused-ring (bicyclic) bond motifs is 2. The van der Waals surface area contributed by atoms with Crippen molar-refractivity contribution in [2.24, 2.45) is 40.4 Å². The molecule has 6 unspecified atom stereocenters. The maximum Gasteiger partial charge on any atom is -0.00388 e. The van der Waals surface area contributed by atoms with Crippen LogP contribution in [0.5, 0.6) is 0 Å². The Bertz CT molecular complexity index is 887. The van der Waals surface area contributed by atoms with E-state index in [0.717, 1.165) is 36.0 Å². The van der Waals surface area contributed by atoms with Crippen molar-refractivity contribution in [3.05, 3.63) is 41.0 Å². The maximum absolute atomic E-state index is 2.68. The van der Waals surface area contributed by atoms with E-state index in [1.807, 2.05) is 0 Å². The molecule has 0 amide bonds. The number of allylic oxidation sites excluding steroid dienone is 2. The highest BCUT2D eigenvalue weighted by atomic mass is 14.5. The first-order chi connectivity index (χ1) is 16.6. The van der Waals surface area contributed by atoms with Gasteiger partial charge in [0.25, 0.3) is 0 Å². The molecule has 0 bridgehead atoms. The second kappa shape index (κ2) is 10.8. The summed E-state index contributed by atoms with van der Waals surface area (Å²) in [5, 5.41) is 0. The first kappa shape index (κ1) is 27.0. The molecule has 3 aliphatic carbocycles. The lowest BCUT2D eigenvalue weighted by Crippen LogP contribution is -2.38. The highest BCUT2D eigenvalue weighted by Gasteiger charge is 2.46. The van der Waals surface area contributed by atoms with Crippen molar-refractivity contribution in [2.75, 3.05) is 0 Å². The molecule has 0 saturated heterocycles. The predicted molar refractivity (Wildman–Crippen MR) is 155 cm³/mol. The van der Waals surface area contributed by atoms with Gasteiger partial charge in [-0.2, -0.15) is 0 Å². The standard InChI is InChI=1S/C35H56/c1-9-28-23-29(12-14-31(28)25(4)5)33-16-15-32-26(6)11-13-30-22-27(21-24(2)3)17-20-34(30,7)18-10-19-35(32,33)8/h12,14,16,23-27,30,32H,9-11,13,15,17-22H2,1-8H3. The Morgan fingerprint density at radius 2 is 1.74 bits per heavy atom. The van der Waals surface area contributed by atoms with Crippen LogP contribution in [-0.2, 0) is 6.42 Å². The molecule has 0 nitrogen and oxygen atoms in total. The molecule has 2 fully saturated rings. The Hall–Kier alpha value is -1.04. The van der Waals surface area contributed by atoms with E-state index in [4.69, 9.17) is 0 Å². The number of hydrogen-bond donors (Lipinski definition) is 0. The van der Waals surface area contributed by atoms with Crippen molar-refractivity contribution in [3.63, 3.8) is 0 Å². The molecule has 0 radical (unpaired) electrons. The summed E-state index contributed by atoms with van der Waals surface area (Å²) in [5.74, 6) is 5.04. The molecule has 3 aliphatic rings. The fraction of sp³-hybridized carbons (Fsp3) is 0.771. The van der Waals surface area contributed by atoms with Crippen molar-refractivity contribution in [1.29, 1.82) is 0 Å². The fourth-order valence-electron chi connectivity index (χ4n) is 8.95. The Morgan fingerprint density at radius 3 is 2.43 bits per heavy atom. The molecule has 35 heavy (non-hydrogen) atoms. The van der Waals surface area contributed by atoms with Gasteiger partial charge in [0, 0.05) is 0 Å². The van der Waals surface area contributed by atoms with Crippen LogP contribution in [0.2, 0.25) is 0 Å². The minimum absolute atomic E-state index is 0.335. The summed E-state index contributed by atoms with van der Waals surface area (Å²) < 4.78 is 0. The van der Waals surface area contributed by atoms with Gasteiger partial charge in [0.05, 0.1) is 0 Å². The molecule has 0 heteroatoms. The van der Waals surface area contributed by atoms with Crippen LogP contribution in [0.1, 0.15) is 142 Å². The minimum Gasteiger partial charge on any atom is -0.0798 e. The van der Waals surface area contributed by atoms with Crippen LogP contribution in [0, 0.1) is 40.4 Å². The lowest BCUT2D eigenvalue weighted by atomic mass is 9.57. The number of aryl methyl sites for hydroxylation is 1. The topological polar surface area (TPSA) is 0 Å². The van der Waals surface area contributed by atoms with E-state index in [1.54, 1.807) is 16.7 Å². The van der Waals surface area contributed by atoms with Gasteiger partial charge in [0.2, 0.25) is 0 Å². The Labute approximate surface area is 218 Å². The quantitative estimate of drug-likeness (QED) is 0.396. The second-order valence-electron chi connectivity index (χ2n) is 14.3. The fourth-order valence-corrected chi connectivity index (χ4v) is 8.95. The van der Waals surface area contributed by atoms with Crippen molar-refractivity contribution in [3.8, 4) is 0 Å². The zero-order valence-electron chi connectivity index (χ0n) is 24.6. The van der Waals surface area contributed by atoms with E-state index < -0.39 is 0 Å². The van der Waals surface area contributed by atoms with Gasteiger partial charge < -0.3 is 0 Å². The molecular weight excluding hydrogens is 420 g/mol. The van der Waals surface area contributed by atoms with Gasteiger partial charge >= 0.3 is 0 Å². The molecule has 1 aromatic carbocycles. The summed E-state index contributed by atoms with van der Waals surface area (Å²) in [6, 6.07) is 7.47. The summed E-state index contributed by atoms with van der Waals surface area (Å²) in [5.41, 5.74) is 7.23. The normalized spacial score (nSPS) is 36.1. The lowest BCUT2D eigenvalue weighted by Gasteiger charge is -2.48. The van der Waals surface area contributed by atoms with E-state index in [1.165, 1.54) is 69.8 Å². The van der Waals surface area contributed by atoms with Crippen LogP contribution in [0.4, 0.5) is 0 Å².